The van der Waals surface area contributed by atoms with Crippen LogP contribution in [0.4, 0.5) is 15.8 Å². The number of halogens is 2. The number of aryl methyl sites for hydroxylation is 1. The van der Waals surface area contributed by atoms with Crippen LogP contribution in [0.15, 0.2) is 46.9 Å². The summed E-state index contributed by atoms with van der Waals surface area (Å²) in [5.74, 6) is -0.308. The van der Waals surface area contributed by atoms with E-state index in [4.69, 9.17) is 5.73 Å². The molecular weight excluding hydrogens is 319 g/mol. The summed E-state index contributed by atoms with van der Waals surface area (Å²) < 4.78 is 13.9. The van der Waals surface area contributed by atoms with E-state index in [-0.39, 0.29) is 11.9 Å². The SMILES string of the molecule is CC(CCc1ccccc1)Nc1cc(F)c(Br)cc1N. The highest BCUT2D eigenvalue weighted by Crippen LogP contribution is 2.27. The lowest BCUT2D eigenvalue weighted by Gasteiger charge is -2.17. The van der Waals surface area contributed by atoms with Crippen LogP contribution in [0.2, 0.25) is 0 Å². The minimum absolute atomic E-state index is 0.220. The van der Waals surface area contributed by atoms with Crippen LogP contribution in [0.5, 0.6) is 0 Å². The van der Waals surface area contributed by atoms with Gasteiger partial charge < -0.3 is 11.1 Å². The Labute approximate surface area is 127 Å². The fraction of sp³-hybridized carbons (Fsp3) is 0.250. The molecule has 0 aliphatic rings. The second-order valence-electron chi connectivity index (χ2n) is 4.92. The highest BCUT2D eigenvalue weighted by atomic mass is 79.9. The molecule has 2 nitrogen and oxygen atoms in total. The van der Waals surface area contributed by atoms with Crippen molar-refractivity contribution in [2.24, 2.45) is 0 Å². The lowest BCUT2D eigenvalue weighted by molar-refractivity contribution is 0.620. The van der Waals surface area contributed by atoms with Gasteiger partial charge >= 0.3 is 0 Å². The average molecular weight is 337 g/mol. The summed E-state index contributed by atoms with van der Waals surface area (Å²) in [5.41, 5.74) is 8.38. The van der Waals surface area contributed by atoms with Crippen molar-refractivity contribution in [3.8, 4) is 0 Å². The molecule has 0 radical (unpaired) electrons. The van der Waals surface area contributed by atoms with Crippen LogP contribution in [0.3, 0.4) is 0 Å². The molecule has 0 aliphatic carbocycles. The zero-order chi connectivity index (χ0) is 14.5. The van der Waals surface area contributed by atoms with Crippen molar-refractivity contribution in [1.82, 2.24) is 0 Å². The van der Waals surface area contributed by atoms with Gasteiger partial charge in [0, 0.05) is 12.1 Å². The van der Waals surface area contributed by atoms with E-state index >= 15 is 0 Å². The van der Waals surface area contributed by atoms with Crippen LogP contribution in [0.25, 0.3) is 0 Å². The summed E-state index contributed by atoms with van der Waals surface area (Å²) in [6.45, 7) is 2.07. The third-order valence-electron chi connectivity index (χ3n) is 3.20. The molecule has 0 heterocycles. The Balaban J connectivity index is 1.95. The Morgan fingerprint density at radius 2 is 1.95 bits per heavy atom. The van der Waals surface area contributed by atoms with E-state index in [1.165, 1.54) is 11.6 Å². The maximum atomic E-state index is 13.5. The van der Waals surface area contributed by atoms with Gasteiger partial charge in [-0.15, -0.1) is 0 Å². The second kappa shape index (κ2) is 6.75. The van der Waals surface area contributed by atoms with Crippen LogP contribution in [-0.4, -0.2) is 6.04 Å². The maximum Gasteiger partial charge on any atom is 0.139 e. The third-order valence-corrected chi connectivity index (χ3v) is 3.81. The van der Waals surface area contributed by atoms with E-state index in [0.29, 0.717) is 15.8 Å². The highest BCUT2D eigenvalue weighted by Gasteiger charge is 2.09. The topological polar surface area (TPSA) is 38.0 Å². The molecule has 1 atom stereocenters. The van der Waals surface area contributed by atoms with Crippen molar-refractivity contribution in [3.05, 3.63) is 58.3 Å². The molecule has 2 aromatic rings. The third kappa shape index (κ3) is 3.97. The van der Waals surface area contributed by atoms with E-state index in [9.17, 15) is 4.39 Å². The zero-order valence-corrected chi connectivity index (χ0v) is 13.0. The number of benzene rings is 2. The quantitative estimate of drug-likeness (QED) is 0.783. The number of nitrogen functional groups attached to an aromatic ring is 1. The molecule has 1 unspecified atom stereocenters. The lowest BCUT2D eigenvalue weighted by atomic mass is 10.1. The Kier molecular flexibility index (Phi) is 5.01. The van der Waals surface area contributed by atoms with Crippen LogP contribution < -0.4 is 11.1 Å². The first-order valence-electron chi connectivity index (χ1n) is 6.61. The highest BCUT2D eigenvalue weighted by molar-refractivity contribution is 9.10. The first kappa shape index (κ1) is 14.9. The molecule has 2 rings (SSSR count). The summed E-state index contributed by atoms with van der Waals surface area (Å²) in [4.78, 5) is 0. The molecule has 20 heavy (non-hydrogen) atoms. The summed E-state index contributed by atoms with van der Waals surface area (Å²) in [5, 5.41) is 3.26. The van der Waals surface area contributed by atoms with E-state index < -0.39 is 0 Å². The molecule has 0 amide bonds. The van der Waals surface area contributed by atoms with Gasteiger partial charge in [-0.05, 0) is 47.3 Å². The molecule has 0 saturated carbocycles. The molecule has 0 aliphatic heterocycles. The van der Waals surface area contributed by atoms with Crippen molar-refractivity contribution in [2.75, 3.05) is 11.1 Å². The van der Waals surface area contributed by atoms with Crippen molar-refractivity contribution in [2.45, 2.75) is 25.8 Å². The first-order chi connectivity index (χ1) is 9.56. The summed E-state index contributed by atoms with van der Waals surface area (Å²) in [7, 11) is 0. The Bertz CT molecular complexity index is 572. The molecule has 0 bridgehead atoms. The van der Waals surface area contributed by atoms with Crippen LogP contribution >= 0.6 is 15.9 Å². The van der Waals surface area contributed by atoms with Crippen molar-refractivity contribution >= 4 is 27.3 Å². The molecule has 0 saturated heterocycles. The zero-order valence-electron chi connectivity index (χ0n) is 11.4. The number of nitrogens with two attached hydrogens (primary N) is 1. The van der Waals surface area contributed by atoms with Gasteiger partial charge in [-0.2, -0.15) is 0 Å². The molecule has 0 fully saturated rings. The van der Waals surface area contributed by atoms with Gasteiger partial charge in [0.2, 0.25) is 0 Å². The summed E-state index contributed by atoms with van der Waals surface area (Å²) >= 11 is 3.12. The molecule has 0 aromatic heterocycles. The predicted octanol–water partition coefficient (Wildman–Crippen LogP) is 4.60. The number of anilines is 2. The largest absolute Gasteiger partial charge is 0.397 e. The Hall–Kier alpha value is -1.55. The maximum absolute atomic E-state index is 13.5. The minimum Gasteiger partial charge on any atom is -0.397 e. The molecule has 2 aromatic carbocycles. The fourth-order valence-electron chi connectivity index (χ4n) is 2.05. The van der Waals surface area contributed by atoms with E-state index in [1.807, 2.05) is 18.2 Å². The van der Waals surface area contributed by atoms with Crippen molar-refractivity contribution < 1.29 is 4.39 Å². The van der Waals surface area contributed by atoms with E-state index in [2.05, 4.69) is 40.3 Å². The number of hydrogen-bond donors (Lipinski definition) is 2. The molecule has 106 valence electrons. The summed E-state index contributed by atoms with van der Waals surface area (Å²) in [6, 6.07) is 13.5. The lowest BCUT2D eigenvalue weighted by Crippen LogP contribution is -2.17. The van der Waals surface area contributed by atoms with Crippen LogP contribution in [0.1, 0.15) is 18.9 Å². The molecular formula is C16H18BrFN2. The summed E-state index contributed by atoms with van der Waals surface area (Å²) in [6.07, 6.45) is 1.94. The van der Waals surface area contributed by atoms with Crippen molar-refractivity contribution in [1.29, 1.82) is 0 Å². The number of hydrogen-bond acceptors (Lipinski definition) is 2. The normalized spacial score (nSPS) is 12.2. The Morgan fingerprint density at radius 3 is 2.65 bits per heavy atom. The minimum atomic E-state index is -0.308. The van der Waals surface area contributed by atoms with Gasteiger partial charge in [0.15, 0.2) is 0 Å². The first-order valence-corrected chi connectivity index (χ1v) is 7.40. The van der Waals surface area contributed by atoms with Gasteiger partial charge in [-0.25, -0.2) is 4.39 Å². The van der Waals surface area contributed by atoms with Gasteiger partial charge in [0.05, 0.1) is 15.8 Å². The Morgan fingerprint density at radius 1 is 1.25 bits per heavy atom. The smallest absolute Gasteiger partial charge is 0.139 e. The molecule has 4 heteroatoms. The van der Waals surface area contributed by atoms with Gasteiger partial charge in [-0.1, -0.05) is 30.3 Å². The standard InChI is InChI=1S/C16H18BrFN2/c1-11(7-8-12-5-3-2-4-6-12)20-16-10-14(18)13(17)9-15(16)19/h2-6,9-11,20H,7-8,19H2,1H3. The number of rotatable bonds is 5. The van der Waals surface area contributed by atoms with Crippen LogP contribution in [-0.2, 0) is 6.42 Å². The van der Waals surface area contributed by atoms with Gasteiger partial charge in [0.1, 0.15) is 5.82 Å². The van der Waals surface area contributed by atoms with E-state index in [1.54, 1.807) is 6.07 Å². The average Bonchev–Trinajstić information content (AvgIpc) is 2.44. The monoisotopic (exact) mass is 336 g/mol. The molecule has 3 N–H and O–H groups in total. The predicted molar refractivity (Wildman–Crippen MR) is 86.4 cm³/mol. The number of nitrogens with one attached hydrogen (secondary N) is 1. The van der Waals surface area contributed by atoms with Crippen molar-refractivity contribution in [3.63, 3.8) is 0 Å². The molecule has 0 spiro atoms. The van der Waals surface area contributed by atoms with Gasteiger partial charge in [0.25, 0.3) is 0 Å². The van der Waals surface area contributed by atoms with Gasteiger partial charge in [-0.3, -0.25) is 0 Å². The fourth-order valence-corrected chi connectivity index (χ4v) is 2.41. The second-order valence-corrected chi connectivity index (χ2v) is 5.78. The van der Waals surface area contributed by atoms with E-state index in [0.717, 1.165) is 12.8 Å². The van der Waals surface area contributed by atoms with Crippen LogP contribution in [0, 0.1) is 5.82 Å².